The predicted molar refractivity (Wildman–Crippen MR) is 198 cm³/mol. The third-order valence-corrected chi connectivity index (χ3v) is 10.8. The van der Waals surface area contributed by atoms with E-state index in [1.807, 2.05) is 27.7 Å². The first-order valence-corrected chi connectivity index (χ1v) is 18.4. The van der Waals surface area contributed by atoms with E-state index >= 15 is 4.39 Å². The average molecular weight is 721 g/mol. The number of aryl methyl sites for hydroxylation is 4. The molecule has 1 spiro atoms. The minimum atomic E-state index is -1.24. The summed E-state index contributed by atoms with van der Waals surface area (Å²) in [5.41, 5.74) is 3.51. The van der Waals surface area contributed by atoms with Crippen molar-refractivity contribution < 1.29 is 23.9 Å². The van der Waals surface area contributed by atoms with Crippen molar-refractivity contribution in [1.82, 2.24) is 20.1 Å². The highest BCUT2D eigenvalue weighted by atomic mass is 35.5. The summed E-state index contributed by atoms with van der Waals surface area (Å²) in [6.07, 6.45) is 7.25. The number of benzene rings is 2. The lowest BCUT2D eigenvalue weighted by molar-refractivity contribution is -0.137. The fourth-order valence-electron chi connectivity index (χ4n) is 7.84. The Kier molecular flexibility index (Phi) is 12.1. The molecule has 2 aliphatic rings. The molecule has 1 aromatic heterocycles. The Morgan fingerprint density at radius 1 is 1.00 bits per heavy atom. The second-order valence-corrected chi connectivity index (χ2v) is 15.5. The van der Waals surface area contributed by atoms with E-state index in [9.17, 15) is 24.3 Å². The highest BCUT2D eigenvalue weighted by Gasteiger charge is 2.42. The van der Waals surface area contributed by atoms with Gasteiger partial charge in [0.2, 0.25) is 5.91 Å². The lowest BCUT2D eigenvalue weighted by Gasteiger charge is -2.38. The molecule has 1 aliphatic carbocycles. The molecule has 3 N–H and O–H groups in total. The van der Waals surface area contributed by atoms with Gasteiger partial charge in [-0.3, -0.25) is 19.2 Å². The van der Waals surface area contributed by atoms with Gasteiger partial charge in [0.15, 0.2) is 0 Å². The van der Waals surface area contributed by atoms with Crippen LogP contribution >= 0.6 is 11.6 Å². The quantitative estimate of drug-likeness (QED) is 0.165. The Morgan fingerprint density at radius 2 is 1.71 bits per heavy atom. The number of carboxylic acid groups (broad SMARTS) is 1. The maximum Gasteiger partial charge on any atom is 0.305 e. The van der Waals surface area contributed by atoms with E-state index in [2.05, 4.69) is 15.5 Å². The zero-order valence-corrected chi connectivity index (χ0v) is 31.0. The van der Waals surface area contributed by atoms with Gasteiger partial charge in [-0.2, -0.15) is 0 Å². The van der Waals surface area contributed by atoms with Crippen molar-refractivity contribution in [3.05, 3.63) is 91.6 Å². The number of likely N-dealkylation sites (tertiary alicyclic amines) is 1. The molecule has 2 heterocycles. The van der Waals surface area contributed by atoms with E-state index in [0.717, 1.165) is 42.7 Å². The Labute approximate surface area is 304 Å². The number of aliphatic carboxylic acids is 1. The van der Waals surface area contributed by atoms with Gasteiger partial charge in [-0.15, -0.1) is 0 Å². The number of amides is 2. The summed E-state index contributed by atoms with van der Waals surface area (Å²) in [6, 6.07) is 7.61. The van der Waals surface area contributed by atoms with Gasteiger partial charge in [0.25, 0.3) is 11.5 Å². The minimum Gasteiger partial charge on any atom is -0.481 e. The number of aromatic nitrogens is 1. The first-order valence-electron chi connectivity index (χ1n) is 18.0. The molecule has 2 amide bonds. The van der Waals surface area contributed by atoms with Crippen LogP contribution in [0.2, 0.25) is 5.02 Å². The number of carbonyl (C=O) groups excluding carboxylic acids is 2. The molecule has 274 valence electrons. The number of nitrogens with one attached hydrogen (secondary N) is 2. The first-order chi connectivity index (χ1) is 24.2. The number of hydrogen-bond donors (Lipinski definition) is 3. The van der Waals surface area contributed by atoms with Crippen LogP contribution < -0.4 is 16.2 Å². The van der Waals surface area contributed by atoms with Crippen LogP contribution in [0.1, 0.15) is 97.4 Å². The average Bonchev–Trinajstić information content (AvgIpc) is 3.47. The van der Waals surface area contributed by atoms with Crippen LogP contribution in [0.5, 0.6) is 0 Å². The normalized spacial score (nSPS) is 16.5. The van der Waals surface area contributed by atoms with Crippen molar-refractivity contribution >= 4 is 29.4 Å². The van der Waals surface area contributed by atoms with Gasteiger partial charge in [-0.1, -0.05) is 31.9 Å². The number of carboxylic acids is 1. The molecule has 1 aliphatic heterocycles. The largest absolute Gasteiger partial charge is 0.481 e. The molecule has 0 unspecified atom stereocenters. The zero-order chi connectivity index (χ0) is 37.0. The van der Waals surface area contributed by atoms with Crippen LogP contribution in [-0.4, -0.2) is 58.0 Å². The Balaban J connectivity index is 1.33. The summed E-state index contributed by atoms with van der Waals surface area (Å²) >= 11 is 6.25. The summed E-state index contributed by atoms with van der Waals surface area (Å²) in [5.74, 6) is -3.28. The SMILES string of the molecule is Cc1cc(-c2c(C)cc(Cl)cc2C)cc([C@H](CC(=O)O)NC(=O)[C@H](CC(C)C)NC(=O)c2cccn(CCCN3CCC4(CCC4)C3)c2=O)c1F. The number of hydrogen-bond acceptors (Lipinski definition) is 5. The number of nitrogens with zero attached hydrogens (tertiary/aromatic N) is 2. The first kappa shape index (κ1) is 38.2. The minimum absolute atomic E-state index is 0.0202. The van der Waals surface area contributed by atoms with Crippen molar-refractivity contribution in [2.75, 3.05) is 19.6 Å². The Bertz CT molecular complexity index is 1830. The van der Waals surface area contributed by atoms with Crippen LogP contribution in [-0.2, 0) is 16.1 Å². The smallest absolute Gasteiger partial charge is 0.305 e. The van der Waals surface area contributed by atoms with Crippen LogP contribution in [0, 0.1) is 37.9 Å². The lowest BCUT2D eigenvalue weighted by Crippen LogP contribution is -2.49. The summed E-state index contributed by atoms with van der Waals surface area (Å²) in [6.45, 7) is 12.7. The topological polar surface area (TPSA) is 121 Å². The molecule has 1 saturated carbocycles. The van der Waals surface area contributed by atoms with Crippen molar-refractivity contribution in [3.8, 4) is 11.1 Å². The van der Waals surface area contributed by atoms with Crippen LogP contribution in [0.15, 0.2) is 47.4 Å². The molecular weight excluding hydrogens is 671 g/mol. The summed E-state index contributed by atoms with van der Waals surface area (Å²) in [4.78, 5) is 55.3. The van der Waals surface area contributed by atoms with E-state index in [0.29, 0.717) is 22.5 Å². The molecule has 11 heteroatoms. The maximum atomic E-state index is 15.8. The van der Waals surface area contributed by atoms with E-state index < -0.39 is 47.7 Å². The van der Waals surface area contributed by atoms with E-state index in [-0.39, 0.29) is 29.0 Å². The molecule has 9 nitrogen and oxygen atoms in total. The third kappa shape index (κ3) is 9.08. The number of carbonyl (C=O) groups is 3. The number of halogens is 2. The standard InChI is InChI=1S/C40H50ClFN4O5/c1-24(2)17-33(44-37(49)30-9-6-14-46(39(30)51)15-8-13-45-16-12-40(23-45)10-7-11-40)38(50)43-32(22-34(47)48)31-21-28(18-27(5)36(31)42)35-25(3)19-29(41)20-26(35)4/h6,9,14,18-21,24,32-33H,7-8,10-13,15-17,22-23H2,1-5H3,(H,43,50)(H,44,49)(H,47,48)/t32-,33-/m0/s1. The summed E-state index contributed by atoms with van der Waals surface area (Å²) < 4.78 is 17.3. The predicted octanol–water partition coefficient (Wildman–Crippen LogP) is 6.98. The molecule has 2 aromatic carbocycles. The molecule has 51 heavy (non-hydrogen) atoms. The van der Waals surface area contributed by atoms with Crippen molar-refractivity contribution in [3.63, 3.8) is 0 Å². The van der Waals surface area contributed by atoms with Gasteiger partial charge < -0.3 is 25.2 Å². The van der Waals surface area contributed by atoms with E-state index in [4.69, 9.17) is 11.6 Å². The van der Waals surface area contributed by atoms with Crippen LogP contribution in [0.3, 0.4) is 0 Å². The summed E-state index contributed by atoms with van der Waals surface area (Å²) in [5, 5.41) is 15.8. The van der Waals surface area contributed by atoms with E-state index in [1.54, 1.807) is 43.5 Å². The number of pyridine rings is 1. The fraction of sp³-hybridized carbons (Fsp3) is 0.500. The number of rotatable bonds is 14. The highest BCUT2D eigenvalue weighted by molar-refractivity contribution is 6.30. The van der Waals surface area contributed by atoms with Crippen molar-refractivity contribution in [2.24, 2.45) is 11.3 Å². The van der Waals surface area contributed by atoms with Gasteiger partial charge in [-0.25, -0.2) is 4.39 Å². The second-order valence-electron chi connectivity index (χ2n) is 15.1. The molecule has 0 radical (unpaired) electrons. The molecule has 2 fully saturated rings. The third-order valence-electron chi connectivity index (χ3n) is 10.5. The molecule has 5 rings (SSSR count). The van der Waals surface area contributed by atoms with Crippen molar-refractivity contribution in [2.45, 2.75) is 98.2 Å². The Morgan fingerprint density at radius 3 is 2.31 bits per heavy atom. The van der Waals surface area contributed by atoms with Gasteiger partial charge in [0.05, 0.1) is 12.5 Å². The molecule has 3 aromatic rings. The highest BCUT2D eigenvalue weighted by Crippen LogP contribution is 2.47. The monoisotopic (exact) mass is 720 g/mol. The molecule has 1 saturated heterocycles. The van der Waals surface area contributed by atoms with Crippen LogP contribution in [0.25, 0.3) is 11.1 Å². The lowest BCUT2D eigenvalue weighted by atomic mass is 9.68. The van der Waals surface area contributed by atoms with Crippen molar-refractivity contribution in [1.29, 1.82) is 0 Å². The summed E-state index contributed by atoms with van der Waals surface area (Å²) in [7, 11) is 0. The van der Waals surface area contributed by atoms with Gasteiger partial charge in [0.1, 0.15) is 17.4 Å². The van der Waals surface area contributed by atoms with Gasteiger partial charge in [0, 0.05) is 29.9 Å². The zero-order valence-electron chi connectivity index (χ0n) is 30.3. The Hall–Kier alpha value is -4.02. The molecular formula is C40H50ClFN4O5. The van der Waals surface area contributed by atoms with E-state index in [1.165, 1.54) is 36.3 Å². The van der Waals surface area contributed by atoms with Crippen LogP contribution in [0.4, 0.5) is 4.39 Å². The molecule has 0 bridgehead atoms. The molecule has 2 atom stereocenters. The second kappa shape index (κ2) is 16.1. The van der Waals surface area contributed by atoms with Gasteiger partial charge >= 0.3 is 5.97 Å². The maximum absolute atomic E-state index is 15.8. The fourth-order valence-corrected chi connectivity index (χ4v) is 8.17. The van der Waals surface area contributed by atoms with Gasteiger partial charge in [-0.05, 0) is 142 Å².